The molecule has 0 saturated heterocycles. The second-order valence-electron chi connectivity index (χ2n) is 6.60. The van der Waals surface area contributed by atoms with E-state index >= 15 is 0 Å². The summed E-state index contributed by atoms with van der Waals surface area (Å²) in [6.45, 7) is 2.34. The molecular weight excluding hydrogens is 411 g/mol. The van der Waals surface area contributed by atoms with Crippen LogP contribution in [0.2, 0.25) is 0 Å². The quantitative estimate of drug-likeness (QED) is 0.459. The van der Waals surface area contributed by atoms with Crippen LogP contribution in [0.1, 0.15) is 17.0 Å². The highest BCUT2D eigenvalue weighted by atomic mass is 19.4. The number of halogens is 3. The van der Waals surface area contributed by atoms with Crippen LogP contribution in [0.15, 0.2) is 59.3 Å². The Morgan fingerprint density at radius 1 is 1.13 bits per heavy atom. The zero-order valence-corrected chi connectivity index (χ0v) is 16.1. The average Bonchev–Trinajstić information content (AvgIpc) is 3.35. The van der Waals surface area contributed by atoms with Gasteiger partial charge in [0.25, 0.3) is 0 Å². The Morgan fingerprint density at radius 3 is 2.55 bits per heavy atom. The maximum absolute atomic E-state index is 12.3. The van der Waals surface area contributed by atoms with Crippen LogP contribution < -0.4 is 4.74 Å². The molecule has 3 heterocycles. The predicted octanol–water partition coefficient (Wildman–Crippen LogP) is 4.73. The summed E-state index contributed by atoms with van der Waals surface area (Å²) in [5.41, 5.74) is 3.63. The van der Waals surface area contributed by atoms with Gasteiger partial charge in [0.1, 0.15) is 35.2 Å². The van der Waals surface area contributed by atoms with E-state index in [9.17, 15) is 13.2 Å². The molecule has 31 heavy (non-hydrogen) atoms. The zero-order valence-electron chi connectivity index (χ0n) is 16.1. The smallest absolute Gasteiger partial charge is 0.443 e. The number of ether oxygens (including phenoxy) is 1. The molecule has 0 unspecified atom stereocenters. The molecule has 0 aliphatic carbocycles. The lowest BCUT2D eigenvalue weighted by Crippen LogP contribution is -2.16. The van der Waals surface area contributed by atoms with Gasteiger partial charge in [0.15, 0.2) is 0 Å². The van der Waals surface area contributed by atoms with Gasteiger partial charge in [0, 0.05) is 17.5 Å². The van der Waals surface area contributed by atoms with Gasteiger partial charge in [-0.2, -0.15) is 10.4 Å². The molecule has 0 amide bonds. The molecule has 0 fully saturated rings. The van der Waals surface area contributed by atoms with Crippen molar-refractivity contribution in [3.8, 4) is 34.7 Å². The molecular formula is C21H14F3N5O2. The Labute approximate surface area is 174 Å². The molecule has 156 valence electrons. The van der Waals surface area contributed by atoms with Gasteiger partial charge in [-0.05, 0) is 48.9 Å². The van der Waals surface area contributed by atoms with Crippen LogP contribution in [0.5, 0.6) is 5.75 Å². The van der Waals surface area contributed by atoms with Gasteiger partial charge in [-0.3, -0.25) is 4.68 Å². The maximum Gasteiger partial charge on any atom is 0.573 e. The number of nitrogens with zero attached hydrogens (tertiary/aromatic N) is 5. The monoisotopic (exact) mass is 425 g/mol. The minimum Gasteiger partial charge on any atom is -0.443 e. The Hall–Kier alpha value is -4.13. The van der Waals surface area contributed by atoms with Crippen LogP contribution in [0.4, 0.5) is 13.2 Å². The van der Waals surface area contributed by atoms with Crippen molar-refractivity contribution in [1.29, 1.82) is 5.26 Å². The van der Waals surface area contributed by atoms with Gasteiger partial charge in [-0.25, -0.2) is 9.97 Å². The van der Waals surface area contributed by atoms with E-state index in [2.05, 4.69) is 19.8 Å². The number of alkyl halides is 3. The van der Waals surface area contributed by atoms with Crippen molar-refractivity contribution in [3.05, 3.63) is 71.9 Å². The molecule has 4 rings (SSSR count). The minimum atomic E-state index is -4.74. The van der Waals surface area contributed by atoms with Crippen molar-refractivity contribution in [2.75, 3.05) is 0 Å². The molecule has 0 aliphatic heterocycles. The molecule has 7 nitrogen and oxygen atoms in total. The van der Waals surface area contributed by atoms with Crippen molar-refractivity contribution < 1.29 is 22.3 Å². The summed E-state index contributed by atoms with van der Waals surface area (Å²) >= 11 is 0. The number of oxazole rings is 1. The van der Waals surface area contributed by atoms with E-state index in [0.29, 0.717) is 29.2 Å². The van der Waals surface area contributed by atoms with Crippen LogP contribution in [0.3, 0.4) is 0 Å². The number of aryl methyl sites for hydroxylation is 1. The molecule has 1 aromatic carbocycles. The Bertz CT molecular complexity index is 1240. The summed E-state index contributed by atoms with van der Waals surface area (Å²) in [5.74, 6) is -0.0305. The van der Waals surface area contributed by atoms with Crippen molar-refractivity contribution in [3.63, 3.8) is 0 Å². The van der Waals surface area contributed by atoms with Gasteiger partial charge in [-0.15, -0.1) is 13.2 Å². The van der Waals surface area contributed by atoms with Crippen LogP contribution in [-0.2, 0) is 6.54 Å². The van der Waals surface area contributed by atoms with Crippen molar-refractivity contribution in [2.45, 2.75) is 19.8 Å². The third kappa shape index (κ3) is 4.72. The van der Waals surface area contributed by atoms with Crippen LogP contribution in [0, 0.1) is 18.3 Å². The molecule has 0 atom stereocenters. The van der Waals surface area contributed by atoms with Crippen LogP contribution in [0.25, 0.3) is 22.8 Å². The number of benzene rings is 1. The lowest BCUT2D eigenvalue weighted by atomic mass is 10.2. The van der Waals surface area contributed by atoms with Gasteiger partial charge < -0.3 is 9.15 Å². The number of hydrogen-bond acceptors (Lipinski definition) is 6. The molecule has 0 N–H and O–H groups in total. The topological polar surface area (TPSA) is 89.8 Å². The summed E-state index contributed by atoms with van der Waals surface area (Å²) in [6.07, 6.45) is -1.71. The first kappa shape index (κ1) is 20.2. The van der Waals surface area contributed by atoms with Gasteiger partial charge in [0.05, 0.1) is 6.54 Å². The largest absolute Gasteiger partial charge is 0.573 e. The standard InChI is InChI=1S/C21H14F3N5O2/c1-13-8-18(28-29(13)11-14-2-5-16(9-25)26-10-14)20-27-19(12-30-20)15-3-6-17(7-4-15)31-21(22,23)24/h2-8,10,12H,11H2,1H3. The molecule has 4 aromatic rings. The molecule has 3 aromatic heterocycles. The highest BCUT2D eigenvalue weighted by Crippen LogP contribution is 2.28. The molecule has 0 aliphatic rings. The van der Waals surface area contributed by atoms with Crippen molar-refractivity contribution >= 4 is 0 Å². The second-order valence-corrected chi connectivity index (χ2v) is 6.60. The minimum absolute atomic E-state index is 0.283. The fraction of sp³-hybridized carbons (Fsp3) is 0.143. The number of rotatable bonds is 5. The molecule has 10 heteroatoms. The van der Waals surface area contributed by atoms with Gasteiger partial charge in [0.2, 0.25) is 5.89 Å². The highest BCUT2D eigenvalue weighted by Gasteiger charge is 2.31. The first-order valence-corrected chi connectivity index (χ1v) is 9.02. The second kappa shape index (κ2) is 7.95. The van der Waals surface area contributed by atoms with E-state index in [-0.39, 0.29) is 11.6 Å². The summed E-state index contributed by atoms with van der Waals surface area (Å²) in [6, 6.07) is 12.6. The molecule has 0 bridgehead atoms. The summed E-state index contributed by atoms with van der Waals surface area (Å²) < 4.78 is 48.0. The van der Waals surface area contributed by atoms with E-state index in [1.165, 1.54) is 30.5 Å². The third-order valence-electron chi connectivity index (χ3n) is 4.36. The molecule has 0 saturated carbocycles. The van der Waals surface area contributed by atoms with E-state index in [1.807, 2.05) is 25.1 Å². The number of nitriles is 1. The summed E-state index contributed by atoms with van der Waals surface area (Å²) in [4.78, 5) is 8.43. The lowest BCUT2D eigenvalue weighted by Gasteiger charge is -2.08. The van der Waals surface area contributed by atoms with Crippen molar-refractivity contribution in [2.24, 2.45) is 0 Å². The lowest BCUT2D eigenvalue weighted by molar-refractivity contribution is -0.274. The maximum atomic E-state index is 12.3. The molecule has 0 radical (unpaired) electrons. The SMILES string of the molecule is Cc1cc(-c2nc(-c3ccc(OC(F)(F)F)cc3)co2)nn1Cc1ccc(C#N)nc1. The average molecular weight is 425 g/mol. The van der Waals surface area contributed by atoms with Crippen LogP contribution >= 0.6 is 0 Å². The number of aromatic nitrogens is 4. The number of hydrogen-bond donors (Lipinski definition) is 0. The first-order valence-electron chi connectivity index (χ1n) is 9.02. The van der Waals surface area contributed by atoms with Gasteiger partial charge in [-0.1, -0.05) is 6.07 Å². The Kier molecular flexibility index (Phi) is 5.17. The van der Waals surface area contributed by atoms with E-state index in [1.54, 1.807) is 16.9 Å². The zero-order chi connectivity index (χ0) is 22.0. The van der Waals surface area contributed by atoms with Crippen LogP contribution in [-0.4, -0.2) is 26.1 Å². The van der Waals surface area contributed by atoms with E-state index in [4.69, 9.17) is 9.68 Å². The third-order valence-corrected chi connectivity index (χ3v) is 4.36. The Morgan fingerprint density at radius 2 is 1.90 bits per heavy atom. The first-order chi connectivity index (χ1) is 14.8. The fourth-order valence-corrected chi connectivity index (χ4v) is 2.88. The fourth-order valence-electron chi connectivity index (χ4n) is 2.88. The van der Waals surface area contributed by atoms with E-state index < -0.39 is 6.36 Å². The van der Waals surface area contributed by atoms with Crippen molar-refractivity contribution in [1.82, 2.24) is 19.7 Å². The molecule has 0 spiro atoms. The Balaban J connectivity index is 1.51. The number of pyridine rings is 1. The normalized spacial score (nSPS) is 11.3. The van der Waals surface area contributed by atoms with Gasteiger partial charge >= 0.3 is 6.36 Å². The summed E-state index contributed by atoms with van der Waals surface area (Å²) in [7, 11) is 0. The summed E-state index contributed by atoms with van der Waals surface area (Å²) in [5, 5.41) is 13.3. The highest BCUT2D eigenvalue weighted by molar-refractivity contribution is 5.62. The van der Waals surface area contributed by atoms with E-state index in [0.717, 1.165) is 11.3 Å². The predicted molar refractivity (Wildman–Crippen MR) is 103 cm³/mol.